The summed E-state index contributed by atoms with van der Waals surface area (Å²) in [6, 6.07) is 4.01. The third kappa shape index (κ3) is 5.44. The standard InChI is InChI=1S/C16H21F3N2OS/c1-2-3-4-14(21-9-7-20-8-10-21)13-11-12(5-6-15(13)22)23-16(17,18)19/h2,5-6,11,14,20,22H,1,3-4,7-10H2/t14-/m0/s1. The molecule has 7 heteroatoms. The molecule has 0 amide bonds. The van der Waals surface area contributed by atoms with Crippen molar-refractivity contribution in [3.63, 3.8) is 0 Å². The van der Waals surface area contributed by atoms with Gasteiger partial charge in [-0.2, -0.15) is 13.2 Å². The van der Waals surface area contributed by atoms with Gasteiger partial charge < -0.3 is 10.4 Å². The van der Waals surface area contributed by atoms with Gasteiger partial charge >= 0.3 is 5.51 Å². The summed E-state index contributed by atoms with van der Waals surface area (Å²) < 4.78 is 37.8. The number of hydrogen-bond acceptors (Lipinski definition) is 4. The highest BCUT2D eigenvalue weighted by atomic mass is 32.2. The fourth-order valence-corrected chi connectivity index (χ4v) is 3.39. The van der Waals surface area contributed by atoms with Crippen LogP contribution in [0, 0.1) is 0 Å². The predicted molar refractivity (Wildman–Crippen MR) is 86.6 cm³/mol. The first kappa shape index (κ1) is 18.2. The molecule has 1 heterocycles. The predicted octanol–water partition coefficient (Wildman–Crippen LogP) is 3.92. The number of allylic oxidation sites excluding steroid dienone is 1. The minimum atomic E-state index is -4.33. The van der Waals surface area contributed by atoms with E-state index in [1.165, 1.54) is 18.2 Å². The number of alkyl halides is 3. The van der Waals surface area contributed by atoms with Crippen molar-refractivity contribution in [2.24, 2.45) is 0 Å². The maximum atomic E-state index is 12.6. The van der Waals surface area contributed by atoms with Crippen molar-refractivity contribution in [3.8, 4) is 5.75 Å². The topological polar surface area (TPSA) is 35.5 Å². The van der Waals surface area contributed by atoms with Crippen molar-refractivity contribution in [3.05, 3.63) is 36.4 Å². The van der Waals surface area contributed by atoms with Crippen LogP contribution in [0.1, 0.15) is 24.4 Å². The van der Waals surface area contributed by atoms with E-state index in [4.69, 9.17) is 0 Å². The Bertz CT molecular complexity index is 531. The van der Waals surface area contributed by atoms with Gasteiger partial charge in [0.25, 0.3) is 0 Å². The lowest BCUT2D eigenvalue weighted by Crippen LogP contribution is -2.45. The fraction of sp³-hybridized carbons (Fsp3) is 0.500. The largest absolute Gasteiger partial charge is 0.508 e. The Hall–Kier alpha value is -1.18. The Balaban J connectivity index is 2.28. The van der Waals surface area contributed by atoms with Crippen molar-refractivity contribution in [2.75, 3.05) is 26.2 Å². The number of piperazine rings is 1. The molecule has 2 N–H and O–H groups in total. The molecule has 128 valence electrons. The summed E-state index contributed by atoms with van der Waals surface area (Å²) in [6.45, 7) is 6.99. The molecule has 0 aromatic heterocycles. The average molecular weight is 346 g/mol. The van der Waals surface area contributed by atoms with Crippen LogP contribution in [-0.4, -0.2) is 41.7 Å². The molecule has 1 aliphatic heterocycles. The second-order valence-electron chi connectivity index (χ2n) is 5.44. The molecule has 0 aliphatic carbocycles. The molecule has 1 saturated heterocycles. The number of phenolic OH excluding ortho intramolecular Hbond substituents is 1. The minimum Gasteiger partial charge on any atom is -0.508 e. The van der Waals surface area contributed by atoms with Gasteiger partial charge in [0.1, 0.15) is 5.75 Å². The first-order valence-corrected chi connectivity index (χ1v) is 8.36. The molecule has 1 aliphatic rings. The zero-order chi connectivity index (χ0) is 16.9. The van der Waals surface area contributed by atoms with Gasteiger partial charge in [0.15, 0.2) is 0 Å². The Labute approximate surface area is 138 Å². The number of aromatic hydroxyl groups is 1. The zero-order valence-corrected chi connectivity index (χ0v) is 13.6. The van der Waals surface area contributed by atoms with Crippen LogP contribution in [0.2, 0.25) is 0 Å². The van der Waals surface area contributed by atoms with Crippen molar-refractivity contribution in [2.45, 2.75) is 29.3 Å². The molecular formula is C16H21F3N2OS. The number of thioether (sulfide) groups is 1. The fourth-order valence-electron chi connectivity index (χ4n) is 2.80. The highest BCUT2D eigenvalue weighted by Crippen LogP contribution is 2.41. The van der Waals surface area contributed by atoms with E-state index in [2.05, 4.69) is 16.8 Å². The smallest absolute Gasteiger partial charge is 0.446 e. The van der Waals surface area contributed by atoms with Gasteiger partial charge in [-0.25, -0.2) is 0 Å². The molecule has 1 aromatic carbocycles. The summed E-state index contributed by atoms with van der Waals surface area (Å²) >= 11 is -0.151. The third-order valence-corrected chi connectivity index (χ3v) is 4.55. The van der Waals surface area contributed by atoms with E-state index in [0.29, 0.717) is 5.56 Å². The van der Waals surface area contributed by atoms with E-state index in [-0.39, 0.29) is 28.4 Å². The van der Waals surface area contributed by atoms with E-state index >= 15 is 0 Å². The molecule has 23 heavy (non-hydrogen) atoms. The van der Waals surface area contributed by atoms with E-state index in [0.717, 1.165) is 39.0 Å². The number of nitrogens with zero attached hydrogens (tertiary/aromatic N) is 1. The van der Waals surface area contributed by atoms with Crippen molar-refractivity contribution in [1.82, 2.24) is 10.2 Å². The molecule has 1 atom stereocenters. The maximum absolute atomic E-state index is 12.6. The summed E-state index contributed by atoms with van der Waals surface area (Å²) in [5, 5.41) is 13.4. The quantitative estimate of drug-likeness (QED) is 0.605. The van der Waals surface area contributed by atoms with Gasteiger partial charge in [-0.3, -0.25) is 4.90 Å². The van der Waals surface area contributed by atoms with Crippen LogP contribution in [-0.2, 0) is 0 Å². The minimum absolute atomic E-state index is 0.0455. The Morgan fingerprint density at radius 2 is 2.04 bits per heavy atom. The van der Waals surface area contributed by atoms with Gasteiger partial charge in [0.05, 0.1) is 0 Å². The Morgan fingerprint density at radius 1 is 1.35 bits per heavy atom. The zero-order valence-electron chi connectivity index (χ0n) is 12.8. The first-order chi connectivity index (χ1) is 10.9. The molecule has 2 rings (SSSR count). The van der Waals surface area contributed by atoms with E-state index in [1.807, 2.05) is 0 Å². The molecule has 0 spiro atoms. The Kier molecular flexibility index (Phi) is 6.38. The van der Waals surface area contributed by atoms with Gasteiger partial charge in [-0.15, -0.1) is 6.58 Å². The summed E-state index contributed by atoms with van der Waals surface area (Å²) in [4.78, 5) is 2.31. The van der Waals surface area contributed by atoms with Crippen molar-refractivity contribution in [1.29, 1.82) is 0 Å². The maximum Gasteiger partial charge on any atom is 0.446 e. The van der Waals surface area contributed by atoms with Gasteiger partial charge in [-0.1, -0.05) is 6.08 Å². The van der Waals surface area contributed by atoms with Crippen LogP contribution in [0.15, 0.2) is 35.7 Å². The number of halogens is 3. The number of benzene rings is 1. The van der Waals surface area contributed by atoms with Crippen LogP contribution in [0.3, 0.4) is 0 Å². The van der Waals surface area contributed by atoms with Crippen molar-refractivity contribution < 1.29 is 18.3 Å². The molecule has 1 fully saturated rings. The van der Waals surface area contributed by atoms with Crippen molar-refractivity contribution >= 4 is 11.8 Å². The van der Waals surface area contributed by atoms with Gasteiger partial charge in [0.2, 0.25) is 0 Å². The molecular weight excluding hydrogens is 325 g/mol. The van der Waals surface area contributed by atoms with Crippen LogP contribution in [0.25, 0.3) is 0 Å². The SMILES string of the molecule is C=CCC[C@@H](c1cc(SC(F)(F)F)ccc1O)N1CCNCC1. The second-order valence-corrected chi connectivity index (χ2v) is 6.57. The molecule has 1 aromatic rings. The van der Waals surface area contributed by atoms with Gasteiger partial charge in [-0.05, 0) is 42.8 Å². The normalized spacial score (nSPS) is 17.9. The summed E-state index contributed by atoms with van der Waals surface area (Å²) in [5.74, 6) is 0.0455. The number of rotatable bonds is 6. The molecule has 0 unspecified atom stereocenters. The highest BCUT2D eigenvalue weighted by molar-refractivity contribution is 8.00. The van der Waals surface area contributed by atoms with E-state index < -0.39 is 5.51 Å². The number of nitrogens with one attached hydrogen (secondary N) is 1. The van der Waals surface area contributed by atoms with Crippen LogP contribution in [0.5, 0.6) is 5.75 Å². The summed E-state index contributed by atoms with van der Waals surface area (Å²) in [5.41, 5.74) is -3.78. The third-order valence-electron chi connectivity index (χ3n) is 3.83. The second kappa shape index (κ2) is 8.08. The summed E-state index contributed by atoms with van der Waals surface area (Å²) in [7, 11) is 0. The monoisotopic (exact) mass is 346 g/mol. The number of hydrogen-bond donors (Lipinski definition) is 2. The summed E-state index contributed by atoms with van der Waals surface area (Å²) in [6.07, 6.45) is 3.25. The number of phenols is 1. The Morgan fingerprint density at radius 3 is 2.65 bits per heavy atom. The van der Waals surface area contributed by atoms with Gasteiger partial charge in [0, 0.05) is 42.7 Å². The first-order valence-electron chi connectivity index (χ1n) is 7.55. The lowest BCUT2D eigenvalue weighted by atomic mass is 9.98. The average Bonchev–Trinajstić information content (AvgIpc) is 2.50. The lowest BCUT2D eigenvalue weighted by molar-refractivity contribution is -0.0328. The highest BCUT2D eigenvalue weighted by Gasteiger charge is 2.30. The molecule has 0 bridgehead atoms. The lowest BCUT2D eigenvalue weighted by Gasteiger charge is -2.35. The molecule has 0 radical (unpaired) electrons. The van der Waals surface area contributed by atoms with Crippen LogP contribution >= 0.6 is 11.8 Å². The van der Waals surface area contributed by atoms with E-state index in [9.17, 15) is 18.3 Å². The van der Waals surface area contributed by atoms with Crippen LogP contribution in [0.4, 0.5) is 13.2 Å². The molecule has 3 nitrogen and oxygen atoms in total. The van der Waals surface area contributed by atoms with E-state index in [1.54, 1.807) is 6.08 Å². The molecule has 0 saturated carbocycles. The van der Waals surface area contributed by atoms with Crippen LogP contribution < -0.4 is 5.32 Å².